The Hall–Kier alpha value is -2.79. The summed E-state index contributed by atoms with van der Waals surface area (Å²) in [7, 11) is 0. The highest BCUT2D eigenvalue weighted by molar-refractivity contribution is 6.36. The quantitative estimate of drug-likeness (QED) is 0.296. The lowest BCUT2D eigenvalue weighted by Crippen LogP contribution is -1.94. The third-order valence-corrected chi connectivity index (χ3v) is 5.41. The molecule has 7 heteroatoms. The second kappa shape index (κ2) is 7.23. The summed E-state index contributed by atoms with van der Waals surface area (Å²) >= 11 is 18.3. The van der Waals surface area contributed by atoms with Gasteiger partial charge in [0.25, 0.3) is 0 Å². The number of benzene rings is 2. The van der Waals surface area contributed by atoms with Crippen molar-refractivity contribution in [2.75, 3.05) is 0 Å². The summed E-state index contributed by atoms with van der Waals surface area (Å²) in [5.74, 6) is 1.31. The molecule has 5 aromatic rings. The molecule has 5 rings (SSSR count). The Morgan fingerprint density at radius 2 is 1.52 bits per heavy atom. The zero-order valence-corrected chi connectivity index (χ0v) is 17.1. The Bertz CT molecular complexity index is 1340. The van der Waals surface area contributed by atoms with E-state index < -0.39 is 0 Å². The van der Waals surface area contributed by atoms with Gasteiger partial charge in [-0.15, -0.1) is 0 Å². The number of nitrogens with zero attached hydrogens (tertiary/aromatic N) is 3. The van der Waals surface area contributed by atoms with E-state index in [9.17, 15) is 0 Å². The fourth-order valence-corrected chi connectivity index (χ4v) is 3.85. The SMILES string of the molecule is Clc1ccc(-c2cnn3c(-c4ccc(-c5ccc(Cl)cc5Cl)o4)ccnc23)cc1. The fraction of sp³-hybridized carbons (Fsp3) is 0. The van der Waals surface area contributed by atoms with Crippen LogP contribution in [0.5, 0.6) is 0 Å². The predicted molar refractivity (Wildman–Crippen MR) is 117 cm³/mol. The molecular formula is C22H12Cl3N3O. The highest BCUT2D eigenvalue weighted by atomic mass is 35.5. The van der Waals surface area contributed by atoms with Gasteiger partial charge in [0.2, 0.25) is 0 Å². The molecule has 2 aromatic carbocycles. The third-order valence-electron chi connectivity index (χ3n) is 4.61. The molecule has 29 heavy (non-hydrogen) atoms. The summed E-state index contributed by atoms with van der Waals surface area (Å²) in [4.78, 5) is 4.50. The van der Waals surface area contributed by atoms with Crippen molar-refractivity contribution in [3.05, 3.63) is 88.1 Å². The van der Waals surface area contributed by atoms with E-state index in [1.54, 1.807) is 29.0 Å². The molecule has 0 amide bonds. The maximum absolute atomic E-state index is 6.32. The molecule has 0 aliphatic carbocycles. The summed E-state index contributed by atoms with van der Waals surface area (Å²) in [6.07, 6.45) is 3.53. The lowest BCUT2D eigenvalue weighted by Gasteiger charge is -2.04. The fourth-order valence-electron chi connectivity index (χ4n) is 3.22. The van der Waals surface area contributed by atoms with Crippen LogP contribution >= 0.6 is 34.8 Å². The first-order valence-electron chi connectivity index (χ1n) is 8.74. The smallest absolute Gasteiger partial charge is 0.163 e. The molecule has 0 saturated heterocycles. The van der Waals surface area contributed by atoms with Crippen LogP contribution in [0.4, 0.5) is 0 Å². The summed E-state index contributed by atoms with van der Waals surface area (Å²) in [6, 6.07) is 18.5. The summed E-state index contributed by atoms with van der Waals surface area (Å²) in [5, 5.41) is 6.31. The second-order valence-electron chi connectivity index (χ2n) is 6.42. The number of rotatable bonds is 3. The van der Waals surface area contributed by atoms with Crippen molar-refractivity contribution in [1.82, 2.24) is 14.6 Å². The Morgan fingerprint density at radius 3 is 2.31 bits per heavy atom. The van der Waals surface area contributed by atoms with E-state index in [4.69, 9.17) is 39.2 Å². The van der Waals surface area contributed by atoms with Crippen LogP contribution in [0.2, 0.25) is 15.1 Å². The molecule has 0 radical (unpaired) electrons. The van der Waals surface area contributed by atoms with E-state index in [2.05, 4.69) is 10.1 Å². The minimum absolute atomic E-state index is 0.530. The zero-order chi connectivity index (χ0) is 20.0. The molecule has 0 saturated carbocycles. The van der Waals surface area contributed by atoms with Crippen LogP contribution in [-0.4, -0.2) is 14.6 Å². The zero-order valence-electron chi connectivity index (χ0n) is 14.8. The third kappa shape index (κ3) is 3.29. The molecule has 0 unspecified atom stereocenters. The molecule has 0 aliphatic heterocycles. The first kappa shape index (κ1) is 18.3. The minimum atomic E-state index is 0.530. The highest BCUT2D eigenvalue weighted by Crippen LogP contribution is 2.35. The number of fused-ring (bicyclic) bond motifs is 1. The van der Waals surface area contributed by atoms with Crippen molar-refractivity contribution in [2.45, 2.75) is 0 Å². The van der Waals surface area contributed by atoms with Gasteiger partial charge in [-0.25, -0.2) is 9.50 Å². The van der Waals surface area contributed by atoms with E-state index >= 15 is 0 Å². The molecule has 0 atom stereocenters. The lowest BCUT2D eigenvalue weighted by molar-refractivity contribution is 0.592. The second-order valence-corrected chi connectivity index (χ2v) is 7.70. The molecule has 4 nitrogen and oxygen atoms in total. The molecule has 0 bridgehead atoms. The highest BCUT2D eigenvalue weighted by Gasteiger charge is 2.15. The van der Waals surface area contributed by atoms with Gasteiger partial charge in [0.05, 0.1) is 11.2 Å². The first-order valence-corrected chi connectivity index (χ1v) is 9.88. The number of furan rings is 1. The van der Waals surface area contributed by atoms with Gasteiger partial charge in [0.15, 0.2) is 11.4 Å². The van der Waals surface area contributed by atoms with Crippen molar-refractivity contribution < 1.29 is 4.42 Å². The number of hydrogen-bond donors (Lipinski definition) is 0. The van der Waals surface area contributed by atoms with Crippen LogP contribution in [0, 0.1) is 0 Å². The van der Waals surface area contributed by atoms with E-state index in [1.807, 2.05) is 48.5 Å². The maximum Gasteiger partial charge on any atom is 0.163 e. The molecule has 0 fully saturated rings. The molecule has 0 N–H and O–H groups in total. The Balaban J connectivity index is 1.60. The normalized spacial score (nSPS) is 11.3. The van der Waals surface area contributed by atoms with Crippen molar-refractivity contribution in [2.24, 2.45) is 0 Å². The summed E-state index contributed by atoms with van der Waals surface area (Å²) < 4.78 is 7.84. The summed E-state index contributed by atoms with van der Waals surface area (Å²) in [5.41, 5.74) is 4.19. The molecular weight excluding hydrogens is 429 g/mol. The maximum atomic E-state index is 6.32. The lowest BCUT2D eigenvalue weighted by atomic mass is 10.1. The van der Waals surface area contributed by atoms with Crippen LogP contribution in [0.1, 0.15) is 0 Å². The van der Waals surface area contributed by atoms with Crippen LogP contribution in [-0.2, 0) is 0 Å². The number of halogens is 3. The van der Waals surface area contributed by atoms with Gasteiger partial charge < -0.3 is 4.42 Å². The van der Waals surface area contributed by atoms with Crippen LogP contribution in [0.3, 0.4) is 0 Å². The van der Waals surface area contributed by atoms with Gasteiger partial charge in [0.1, 0.15) is 11.5 Å². The molecule has 3 heterocycles. The minimum Gasteiger partial charge on any atom is -0.454 e. The van der Waals surface area contributed by atoms with Gasteiger partial charge in [0, 0.05) is 27.4 Å². The van der Waals surface area contributed by atoms with E-state index in [0.29, 0.717) is 26.6 Å². The van der Waals surface area contributed by atoms with Gasteiger partial charge in [-0.3, -0.25) is 0 Å². The number of hydrogen-bond acceptors (Lipinski definition) is 3. The van der Waals surface area contributed by atoms with E-state index in [-0.39, 0.29) is 0 Å². The Labute approximate surface area is 181 Å². The standard InChI is InChI=1S/C22H12Cl3N3O/c23-14-3-1-13(2-4-14)17-12-27-28-19(9-10-26-22(17)28)21-8-7-20(29-21)16-6-5-15(24)11-18(16)25/h1-12H. The largest absolute Gasteiger partial charge is 0.454 e. The van der Waals surface area contributed by atoms with Gasteiger partial charge in [-0.1, -0.05) is 46.9 Å². The first-order chi connectivity index (χ1) is 14.1. The topological polar surface area (TPSA) is 43.3 Å². The van der Waals surface area contributed by atoms with Crippen molar-refractivity contribution in [1.29, 1.82) is 0 Å². The molecule has 0 aliphatic rings. The van der Waals surface area contributed by atoms with Crippen LogP contribution in [0.25, 0.3) is 39.6 Å². The molecule has 142 valence electrons. The number of aromatic nitrogens is 3. The Morgan fingerprint density at radius 1 is 0.759 bits per heavy atom. The van der Waals surface area contributed by atoms with Crippen molar-refractivity contribution >= 4 is 40.4 Å². The molecule has 3 aromatic heterocycles. The van der Waals surface area contributed by atoms with Crippen molar-refractivity contribution in [3.63, 3.8) is 0 Å². The monoisotopic (exact) mass is 439 g/mol. The molecule has 0 spiro atoms. The van der Waals surface area contributed by atoms with Gasteiger partial charge >= 0.3 is 0 Å². The van der Waals surface area contributed by atoms with E-state index in [0.717, 1.165) is 28.0 Å². The average molecular weight is 441 g/mol. The van der Waals surface area contributed by atoms with Gasteiger partial charge in [-0.2, -0.15) is 5.10 Å². The summed E-state index contributed by atoms with van der Waals surface area (Å²) in [6.45, 7) is 0. The van der Waals surface area contributed by atoms with E-state index in [1.165, 1.54) is 0 Å². The Kier molecular flexibility index (Phi) is 4.55. The average Bonchev–Trinajstić information content (AvgIpc) is 3.36. The predicted octanol–water partition coefficient (Wildman–Crippen LogP) is 7.28. The van der Waals surface area contributed by atoms with Crippen LogP contribution in [0.15, 0.2) is 77.5 Å². The van der Waals surface area contributed by atoms with Crippen molar-refractivity contribution in [3.8, 4) is 33.9 Å². The van der Waals surface area contributed by atoms with Crippen LogP contribution < -0.4 is 0 Å². The van der Waals surface area contributed by atoms with Gasteiger partial charge in [-0.05, 0) is 54.1 Å².